The molecule has 1 heterocycles. The minimum Gasteiger partial charge on any atom is -0.490 e. The SMILES string of the molecule is Cc1cccc(C)c1OCC(O)Cn1c(C(C)C)nc2ccccc21. The molecule has 0 amide bonds. The average Bonchev–Trinajstić information content (AvgIpc) is 2.93. The van der Waals surface area contributed by atoms with E-state index >= 15 is 0 Å². The molecule has 1 aromatic heterocycles. The van der Waals surface area contributed by atoms with E-state index in [4.69, 9.17) is 9.72 Å². The van der Waals surface area contributed by atoms with Crippen LogP contribution in [0.3, 0.4) is 0 Å². The summed E-state index contributed by atoms with van der Waals surface area (Å²) in [5.41, 5.74) is 4.19. The van der Waals surface area contributed by atoms with Gasteiger partial charge in [-0.3, -0.25) is 0 Å². The molecule has 0 aliphatic heterocycles. The Morgan fingerprint density at radius 2 is 1.72 bits per heavy atom. The Morgan fingerprint density at radius 3 is 2.40 bits per heavy atom. The van der Waals surface area contributed by atoms with Gasteiger partial charge in [-0.15, -0.1) is 0 Å². The van der Waals surface area contributed by atoms with Crippen LogP contribution < -0.4 is 4.74 Å². The molecular formula is C21H26N2O2. The second-order valence-electron chi connectivity index (χ2n) is 6.91. The van der Waals surface area contributed by atoms with Crippen LogP contribution in [0.25, 0.3) is 11.0 Å². The second kappa shape index (κ2) is 7.28. The van der Waals surface area contributed by atoms with E-state index in [1.165, 1.54) is 0 Å². The highest BCUT2D eigenvalue weighted by Gasteiger charge is 2.17. The Bertz CT molecular complexity index is 847. The van der Waals surface area contributed by atoms with Gasteiger partial charge in [-0.2, -0.15) is 0 Å². The lowest BCUT2D eigenvalue weighted by Crippen LogP contribution is -2.25. The summed E-state index contributed by atoms with van der Waals surface area (Å²) in [6.45, 7) is 9.02. The number of hydrogen-bond donors (Lipinski definition) is 1. The molecule has 0 aliphatic carbocycles. The maximum absolute atomic E-state index is 10.6. The number of imidazole rings is 1. The van der Waals surface area contributed by atoms with Crippen molar-refractivity contribution in [3.8, 4) is 5.75 Å². The van der Waals surface area contributed by atoms with Crippen molar-refractivity contribution in [2.75, 3.05) is 6.61 Å². The molecule has 3 aromatic rings. The van der Waals surface area contributed by atoms with Gasteiger partial charge in [0.05, 0.1) is 17.6 Å². The summed E-state index contributed by atoms with van der Waals surface area (Å²) < 4.78 is 8.02. The van der Waals surface area contributed by atoms with Crippen LogP contribution in [0.15, 0.2) is 42.5 Å². The fraction of sp³-hybridized carbons (Fsp3) is 0.381. The van der Waals surface area contributed by atoms with E-state index in [-0.39, 0.29) is 6.61 Å². The standard InChI is InChI=1S/C21H26N2O2/c1-14(2)21-22-18-10-5-6-11-19(18)23(21)12-17(24)13-25-20-15(3)8-7-9-16(20)4/h5-11,14,17,24H,12-13H2,1-4H3. The number of aromatic nitrogens is 2. The highest BCUT2D eigenvalue weighted by atomic mass is 16.5. The normalized spacial score (nSPS) is 12.7. The molecule has 0 bridgehead atoms. The third-order valence-electron chi connectivity index (χ3n) is 4.42. The first-order chi connectivity index (χ1) is 12.0. The lowest BCUT2D eigenvalue weighted by molar-refractivity contribution is 0.0919. The highest BCUT2D eigenvalue weighted by molar-refractivity contribution is 5.76. The molecular weight excluding hydrogens is 312 g/mol. The van der Waals surface area contributed by atoms with Crippen LogP contribution in [0.4, 0.5) is 0 Å². The molecule has 0 spiro atoms. The average molecular weight is 338 g/mol. The number of para-hydroxylation sites is 3. The van der Waals surface area contributed by atoms with Crippen LogP contribution in [0.2, 0.25) is 0 Å². The van der Waals surface area contributed by atoms with Gasteiger partial charge in [0, 0.05) is 5.92 Å². The number of ether oxygens (including phenoxy) is 1. The van der Waals surface area contributed by atoms with E-state index in [1.807, 2.05) is 56.3 Å². The van der Waals surface area contributed by atoms with Crippen LogP contribution >= 0.6 is 0 Å². The van der Waals surface area contributed by atoms with Gasteiger partial charge in [-0.25, -0.2) is 4.98 Å². The molecule has 4 nitrogen and oxygen atoms in total. The van der Waals surface area contributed by atoms with Gasteiger partial charge in [0.1, 0.15) is 24.3 Å². The molecule has 1 N–H and O–H groups in total. The molecule has 0 saturated heterocycles. The molecule has 132 valence electrons. The number of benzene rings is 2. The van der Waals surface area contributed by atoms with Crippen LogP contribution in [0.5, 0.6) is 5.75 Å². The van der Waals surface area contributed by atoms with Crippen LogP contribution in [0.1, 0.15) is 36.7 Å². The Labute approximate surface area is 149 Å². The van der Waals surface area contributed by atoms with E-state index in [1.54, 1.807) is 0 Å². The van der Waals surface area contributed by atoms with Gasteiger partial charge in [0.25, 0.3) is 0 Å². The third-order valence-corrected chi connectivity index (χ3v) is 4.42. The largest absolute Gasteiger partial charge is 0.490 e. The van der Waals surface area contributed by atoms with Gasteiger partial charge < -0.3 is 14.4 Å². The van der Waals surface area contributed by atoms with E-state index in [0.717, 1.165) is 33.7 Å². The van der Waals surface area contributed by atoms with E-state index in [2.05, 4.69) is 18.4 Å². The highest BCUT2D eigenvalue weighted by Crippen LogP contribution is 2.24. The van der Waals surface area contributed by atoms with Crippen molar-refractivity contribution in [2.24, 2.45) is 0 Å². The van der Waals surface area contributed by atoms with E-state index in [9.17, 15) is 5.11 Å². The smallest absolute Gasteiger partial charge is 0.125 e. The Hall–Kier alpha value is -2.33. The monoisotopic (exact) mass is 338 g/mol. The van der Waals surface area contributed by atoms with Gasteiger partial charge in [0.2, 0.25) is 0 Å². The molecule has 0 fully saturated rings. The van der Waals surface area contributed by atoms with Crippen molar-refractivity contribution >= 4 is 11.0 Å². The first kappa shape index (κ1) is 17.5. The number of aliphatic hydroxyl groups is 1. The van der Waals surface area contributed by atoms with Crippen LogP contribution in [-0.4, -0.2) is 27.4 Å². The van der Waals surface area contributed by atoms with Gasteiger partial charge in [-0.1, -0.05) is 44.2 Å². The summed E-state index contributed by atoms with van der Waals surface area (Å²) in [6, 6.07) is 14.1. The maximum atomic E-state index is 10.6. The zero-order chi connectivity index (χ0) is 18.0. The summed E-state index contributed by atoms with van der Waals surface area (Å²) in [6.07, 6.45) is -0.603. The minimum atomic E-state index is -0.603. The Kier molecular flexibility index (Phi) is 5.09. The molecule has 4 heteroatoms. The lowest BCUT2D eigenvalue weighted by atomic mass is 10.1. The number of rotatable bonds is 6. The summed E-state index contributed by atoms with van der Waals surface area (Å²) in [7, 11) is 0. The lowest BCUT2D eigenvalue weighted by Gasteiger charge is -2.18. The molecule has 25 heavy (non-hydrogen) atoms. The molecule has 0 aliphatic rings. The number of aryl methyl sites for hydroxylation is 2. The fourth-order valence-corrected chi connectivity index (χ4v) is 3.20. The molecule has 1 atom stereocenters. The number of hydrogen-bond acceptors (Lipinski definition) is 3. The van der Waals surface area contributed by atoms with Gasteiger partial charge in [0.15, 0.2) is 0 Å². The van der Waals surface area contributed by atoms with Crippen LogP contribution in [-0.2, 0) is 6.54 Å². The summed E-state index contributed by atoms with van der Waals surface area (Å²) in [5.74, 6) is 2.15. The van der Waals surface area contributed by atoms with Crippen molar-refractivity contribution < 1.29 is 9.84 Å². The predicted molar refractivity (Wildman–Crippen MR) is 101 cm³/mol. The molecule has 3 rings (SSSR count). The second-order valence-corrected chi connectivity index (χ2v) is 6.91. The third kappa shape index (κ3) is 3.69. The topological polar surface area (TPSA) is 47.3 Å². The number of aliphatic hydroxyl groups excluding tert-OH is 1. The number of fused-ring (bicyclic) bond motifs is 1. The minimum absolute atomic E-state index is 0.260. The summed E-state index contributed by atoms with van der Waals surface area (Å²) in [4.78, 5) is 4.72. The van der Waals surface area contributed by atoms with E-state index < -0.39 is 6.10 Å². The van der Waals surface area contributed by atoms with Crippen molar-refractivity contribution in [2.45, 2.75) is 46.3 Å². The van der Waals surface area contributed by atoms with Crippen LogP contribution in [0, 0.1) is 13.8 Å². The Morgan fingerprint density at radius 1 is 1.04 bits per heavy atom. The molecule has 1 unspecified atom stereocenters. The maximum Gasteiger partial charge on any atom is 0.125 e. The first-order valence-electron chi connectivity index (χ1n) is 8.79. The fourth-order valence-electron chi connectivity index (χ4n) is 3.20. The predicted octanol–water partition coefficient (Wildman–Crippen LogP) is 4.22. The summed E-state index contributed by atoms with van der Waals surface area (Å²) >= 11 is 0. The van der Waals surface area contributed by atoms with Crippen molar-refractivity contribution in [3.63, 3.8) is 0 Å². The Balaban J connectivity index is 1.78. The molecule has 2 aromatic carbocycles. The zero-order valence-corrected chi connectivity index (χ0v) is 15.4. The van der Waals surface area contributed by atoms with Gasteiger partial charge in [-0.05, 0) is 37.1 Å². The quantitative estimate of drug-likeness (QED) is 0.732. The summed E-state index contributed by atoms with van der Waals surface area (Å²) in [5, 5.41) is 10.6. The molecule has 0 saturated carbocycles. The van der Waals surface area contributed by atoms with E-state index in [0.29, 0.717) is 12.5 Å². The zero-order valence-electron chi connectivity index (χ0n) is 15.4. The first-order valence-corrected chi connectivity index (χ1v) is 8.79. The van der Waals surface area contributed by atoms with Crippen molar-refractivity contribution in [3.05, 3.63) is 59.4 Å². The van der Waals surface area contributed by atoms with Crippen molar-refractivity contribution in [1.29, 1.82) is 0 Å². The molecule has 0 radical (unpaired) electrons. The van der Waals surface area contributed by atoms with Crippen molar-refractivity contribution in [1.82, 2.24) is 9.55 Å². The van der Waals surface area contributed by atoms with Gasteiger partial charge >= 0.3 is 0 Å². The number of nitrogens with zero attached hydrogens (tertiary/aromatic N) is 2.